The summed E-state index contributed by atoms with van der Waals surface area (Å²) in [4.78, 5) is 0. The molecule has 0 radical (unpaired) electrons. The van der Waals surface area contributed by atoms with Crippen molar-refractivity contribution in [1.82, 2.24) is 8.61 Å². The van der Waals surface area contributed by atoms with Crippen LogP contribution in [0.3, 0.4) is 0 Å². The van der Waals surface area contributed by atoms with E-state index in [4.69, 9.17) is 11.6 Å². The number of nitrogens with zero attached hydrogens (tertiary/aromatic N) is 2. The molecule has 0 amide bonds. The molecule has 4 nitrogen and oxygen atoms in total. The van der Waals surface area contributed by atoms with Crippen LogP contribution in [-0.4, -0.2) is 48.6 Å². The van der Waals surface area contributed by atoms with E-state index in [0.29, 0.717) is 31.4 Å². The molecule has 112 valence electrons. The minimum absolute atomic E-state index is 0.199. The molecule has 0 saturated carbocycles. The monoisotopic (exact) mass is 308 g/mol. The first-order chi connectivity index (χ1) is 9.09. The zero-order valence-corrected chi connectivity index (χ0v) is 13.3. The Bertz CT molecular complexity index is 380. The van der Waals surface area contributed by atoms with Crippen molar-refractivity contribution >= 4 is 21.8 Å². The first kappa shape index (κ1) is 15.5. The molecule has 0 bridgehead atoms. The van der Waals surface area contributed by atoms with E-state index in [1.807, 2.05) is 0 Å². The van der Waals surface area contributed by atoms with Crippen LogP contribution in [0.15, 0.2) is 0 Å². The SMILES string of the molecule is CCC1CCCCN1S(=O)(=O)N1CCC(CCl)CC1. The van der Waals surface area contributed by atoms with Crippen LogP contribution >= 0.6 is 11.6 Å². The zero-order chi connectivity index (χ0) is 13.9. The van der Waals surface area contributed by atoms with Gasteiger partial charge < -0.3 is 0 Å². The van der Waals surface area contributed by atoms with Crippen LogP contribution in [0.5, 0.6) is 0 Å². The van der Waals surface area contributed by atoms with Crippen molar-refractivity contribution in [2.24, 2.45) is 5.92 Å². The standard InChI is InChI=1S/C13H25ClN2O2S/c1-2-13-5-3-4-8-16(13)19(17,18)15-9-6-12(11-14)7-10-15/h12-13H,2-11H2,1H3. The van der Waals surface area contributed by atoms with E-state index >= 15 is 0 Å². The van der Waals surface area contributed by atoms with Gasteiger partial charge in [0.15, 0.2) is 0 Å². The Morgan fingerprint density at radius 1 is 1.11 bits per heavy atom. The predicted molar refractivity (Wildman–Crippen MR) is 78.6 cm³/mol. The fourth-order valence-corrected chi connectivity index (χ4v) is 5.40. The molecule has 2 aliphatic rings. The molecule has 0 N–H and O–H groups in total. The van der Waals surface area contributed by atoms with Gasteiger partial charge in [-0.15, -0.1) is 11.6 Å². The van der Waals surface area contributed by atoms with Crippen molar-refractivity contribution in [3.05, 3.63) is 0 Å². The van der Waals surface area contributed by atoms with Gasteiger partial charge in [0.25, 0.3) is 10.2 Å². The molecule has 0 aromatic rings. The third kappa shape index (κ3) is 3.43. The molecule has 0 spiro atoms. The average Bonchev–Trinajstić information content (AvgIpc) is 2.47. The summed E-state index contributed by atoms with van der Waals surface area (Å²) in [6.45, 7) is 4.04. The molecule has 1 unspecified atom stereocenters. The second-order valence-electron chi connectivity index (χ2n) is 5.67. The molecule has 2 rings (SSSR count). The number of rotatable bonds is 4. The number of hydrogen-bond donors (Lipinski definition) is 0. The highest BCUT2D eigenvalue weighted by Crippen LogP contribution is 2.27. The quantitative estimate of drug-likeness (QED) is 0.749. The zero-order valence-electron chi connectivity index (χ0n) is 11.7. The summed E-state index contributed by atoms with van der Waals surface area (Å²) in [6.07, 6.45) is 5.86. The minimum Gasteiger partial charge on any atom is -0.195 e. The Hall–Kier alpha value is 0.160. The molecule has 2 fully saturated rings. The first-order valence-corrected chi connectivity index (χ1v) is 9.35. The fraction of sp³-hybridized carbons (Fsp3) is 1.00. The highest BCUT2D eigenvalue weighted by atomic mass is 35.5. The lowest BCUT2D eigenvalue weighted by Gasteiger charge is -2.39. The van der Waals surface area contributed by atoms with Gasteiger partial charge in [0.05, 0.1) is 0 Å². The van der Waals surface area contributed by atoms with Crippen LogP contribution in [-0.2, 0) is 10.2 Å². The molecule has 0 aromatic carbocycles. The number of piperidine rings is 2. The van der Waals surface area contributed by atoms with Gasteiger partial charge >= 0.3 is 0 Å². The summed E-state index contributed by atoms with van der Waals surface area (Å²) in [5.41, 5.74) is 0. The Morgan fingerprint density at radius 2 is 1.79 bits per heavy atom. The molecule has 2 heterocycles. The number of halogens is 1. The van der Waals surface area contributed by atoms with Gasteiger partial charge in [0.2, 0.25) is 0 Å². The number of hydrogen-bond acceptors (Lipinski definition) is 2. The third-order valence-corrected chi connectivity index (χ3v) is 6.99. The summed E-state index contributed by atoms with van der Waals surface area (Å²) in [5, 5.41) is 0. The second-order valence-corrected chi connectivity index (χ2v) is 7.86. The molecule has 6 heteroatoms. The number of alkyl halides is 1. The van der Waals surface area contributed by atoms with Gasteiger partial charge in [0, 0.05) is 31.6 Å². The largest absolute Gasteiger partial charge is 0.282 e. The Kier molecular flexibility index (Phi) is 5.52. The van der Waals surface area contributed by atoms with Gasteiger partial charge in [-0.1, -0.05) is 13.3 Å². The summed E-state index contributed by atoms with van der Waals surface area (Å²) in [7, 11) is -3.25. The van der Waals surface area contributed by atoms with Crippen LogP contribution in [0.1, 0.15) is 45.4 Å². The third-order valence-electron chi connectivity index (χ3n) is 4.46. The van der Waals surface area contributed by atoms with E-state index < -0.39 is 10.2 Å². The summed E-state index contributed by atoms with van der Waals surface area (Å²) >= 11 is 5.86. The Labute approximate surface area is 122 Å². The van der Waals surface area contributed by atoms with E-state index in [1.165, 1.54) is 0 Å². The normalized spacial score (nSPS) is 28.6. The van der Waals surface area contributed by atoms with Crippen molar-refractivity contribution in [2.45, 2.75) is 51.5 Å². The van der Waals surface area contributed by atoms with E-state index in [1.54, 1.807) is 8.61 Å². The van der Waals surface area contributed by atoms with Crippen molar-refractivity contribution in [3.63, 3.8) is 0 Å². The topological polar surface area (TPSA) is 40.6 Å². The van der Waals surface area contributed by atoms with Crippen molar-refractivity contribution < 1.29 is 8.42 Å². The summed E-state index contributed by atoms with van der Waals surface area (Å²) in [5.74, 6) is 1.13. The maximum atomic E-state index is 12.7. The van der Waals surface area contributed by atoms with Gasteiger partial charge in [-0.3, -0.25) is 0 Å². The van der Waals surface area contributed by atoms with Crippen LogP contribution in [0.25, 0.3) is 0 Å². The Morgan fingerprint density at radius 3 is 2.37 bits per heavy atom. The molecule has 19 heavy (non-hydrogen) atoms. The smallest absolute Gasteiger partial charge is 0.195 e. The van der Waals surface area contributed by atoms with E-state index in [0.717, 1.165) is 38.5 Å². The predicted octanol–water partition coefficient (Wildman–Crippen LogP) is 2.45. The average molecular weight is 309 g/mol. The molecule has 2 aliphatic heterocycles. The molecule has 0 aromatic heterocycles. The van der Waals surface area contributed by atoms with E-state index in [2.05, 4.69) is 6.92 Å². The lowest BCUT2D eigenvalue weighted by Crippen LogP contribution is -2.52. The summed E-state index contributed by atoms with van der Waals surface area (Å²) in [6, 6.07) is 0.199. The molecule has 0 aliphatic carbocycles. The van der Waals surface area contributed by atoms with Crippen LogP contribution in [0.2, 0.25) is 0 Å². The van der Waals surface area contributed by atoms with Crippen molar-refractivity contribution in [2.75, 3.05) is 25.5 Å². The summed E-state index contributed by atoms with van der Waals surface area (Å²) < 4.78 is 28.9. The van der Waals surface area contributed by atoms with Gasteiger partial charge in [-0.2, -0.15) is 17.0 Å². The van der Waals surface area contributed by atoms with Crippen molar-refractivity contribution in [3.8, 4) is 0 Å². The molecule has 1 atom stereocenters. The van der Waals surface area contributed by atoms with Crippen LogP contribution < -0.4 is 0 Å². The maximum Gasteiger partial charge on any atom is 0.282 e. The maximum absolute atomic E-state index is 12.7. The highest BCUT2D eigenvalue weighted by molar-refractivity contribution is 7.86. The Balaban J connectivity index is 2.05. The first-order valence-electron chi connectivity index (χ1n) is 7.42. The van der Waals surface area contributed by atoms with Crippen LogP contribution in [0, 0.1) is 5.92 Å². The van der Waals surface area contributed by atoms with Crippen molar-refractivity contribution in [1.29, 1.82) is 0 Å². The molecular formula is C13H25ClN2O2S. The lowest BCUT2D eigenvalue weighted by atomic mass is 10.0. The minimum atomic E-state index is -3.25. The fourth-order valence-electron chi connectivity index (χ4n) is 3.13. The van der Waals surface area contributed by atoms with Gasteiger partial charge in [0.1, 0.15) is 0 Å². The van der Waals surface area contributed by atoms with Crippen LogP contribution in [0.4, 0.5) is 0 Å². The van der Waals surface area contributed by atoms with E-state index in [-0.39, 0.29) is 6.04 Å². The second kappa shape index (κ2) is 6.74. The van der Waals surface area contributed by atoms with Gasteiger partial charge in [-0.25, -0.2) is 0 Å². The highest BCUT2D eigenvalue weighted by Gasteiger charge is 2.37. The molecule has 2 saturated heterocycles. The lowest BCUT2D eigenvalue weighted by molar-refractivity contribution is 0.210. The van der Waals surface area contributed by atoms with Gasteiger partial charge in [-0.05, 0) is 38.0 Å². The molecular weight excluding hydrogens is 284 g/mol. The van der Waals surface area contributed by atoms with E-state index in [9.17, 15) is 8.42 Å².